The second-order valence-electron chi connectivity index (χ2n) is 6.73. The van der Waals surface area contributed by atoms with Gasteiger partial charge in [-0.15, -0.1) is 0 Å². The number of fused-ring (bicyclic) bond motifs is 1. The van der Waals surface area contributed by atoms with Crippen LogP contribution in [0.4, 0.5) is 5.82 Å². The Labute approximate surface area is 158 Å². The summed E-state index contributed by atoms with van der Waals surface area (Å²) in [5, 5.41) is 5.30. The molecular formula is C17H26N5O4P. The summed E-state index contributed by atoms with van der Waals surface area (Å²) in [6.07, 6.45) is 4.91. The van der Waals surface area contributed by atoms with Crippen molar-refractivity contribution in [2.24, 2.45) is 11.7 Å². The van der Waals surface area contributed by atoms with Crippen LogP contribution < -0.4 is 20.9 Å². The van der Waals surface area contributed by atoms with Crippen molar-refractivity contribution in [1.82, 2.24) is 14.8 Å². The van der Waals surface area contributed by atoms with Gasteiger partial charge in [0.2, 0.25) is 5.88 Å². The highest BCUT2D eigenvalue weighted by Gasteiger charge is 2.22. The second kappa shape index (κ2) is 8.93. The number of methoxy groups -OCH3 is 1. The number of pyridine rings is 1. The predicted octanol–water partition coefficient (Wildman–Crippen LogP) is 0.662. The molecule has 0 saturated carbocycles. The number of hydrogen-bond donors (Lipinski definition) is 3. The Hall–Kier alpha value is -1.80. The largest absolute Gasteiger partial charge is 0.480 e. The highest BCUT2D eigenvalue weighted by atomic mass is 31.2. The normalized spacial score (nSPS) is 15.7. The van der Waals surface area contributed by atoms with Gasteiger partial charge in [-0.05, 0) is 31.2 Å². The molecule has 0 amide bonds. The van der Waals surface area contributed by atoms with E-state index in [1.165, 1.54) is 11.8 Å². The summed E-state index contributed by atoms with van der Waals surface area (Å²) in [6, 6.07) is 1.88. The molecular weight excluding hydrogens is 369 g/mol. The topological polar surface area (TPSA) is 127 Å². The van der Waals surface area contributed by atoms with Crippen LogP contribution in [0.2, 0.25) is 0 Å². The molecule has 148 valence electrons. The van der Waals surface area contributed by atoms with E-state index in [9.17, 15) is 4.79 Å². The first kappa shape index (κ1) is 19.9. The average molecular weight is 395 g/mol. The summed E-state index contributed by atoms with van der Waals surface area (Å²) < 4.78 is 6.72. The van der Waals surface area contributed by atoms with E-state index < -0.39 is 8.38 Å². The fourth-order valence-electron chi connectivity index (χ4n) is 3.50. The lowest BCUT2D eigenvalue weighted by Crippen LogP contribution is -2.34. The van der Waals surface area contributed by atoms with Crippen molar-refractivity contribution in [2.45, 2.75) is 25.8 Å². The summed E-state index contributed by atoms with van der Waals surface area (Å²) in [5.74, 6) is 1.56. The zero-order chi connectivity index (χ0) is 19.4. The van der Waals surface area contributed by atoms with Crippen molar-refractivity contribution in [1.29, 1.82) is 0 Å². The third-order valence-corrected chi connectivity index (χ3v) is 5.66. The number of aromatic nitrogens is 3. The molecule has 1 aliphatic rings. The predicted molar refractivity (Wildman–Crippen MR) is 105 cm³/mol. The Balaban J connectivity index is 1.82. The zero-order valence-electron chi connectivity index (χ0n) is 15.4. The number of nitrogens with zero attached hydrogens (tertiary/aromatic N) is 4. The lowest BCUT2D eigenvalue weighted by Gasteiger charge is -2.33. The number of rotatable bonds is 7. The van der Waals surface area contributed by atoms with Crippen molar-refractivity contribution >= 4 is 25.0 Å². The lowest BCUT2D eigenvalue weighted by molar-refractivity contribution is 0.382. The van der Waals surface area contributed by atoms with Crippen LogP contribution in [0.1, 0.15) is 19.3 Å². The van der Waals surface area contributed by atoms with E-state index in [2.05, 4.69) is 15.0 Å². The molecule has 9 nitrogen and oxygen atoms in total. The molecule has 0 aliphatic carbocycles. The number of hydrogen-bond acceptors (Lipinski definition) is 8. The third kappa shape index (κ3) is 4.55. The number of anilines is 1. The monoisotopic (exact) mass is 395 g/mol. The molecule has 0 spiro atoms. The minimum Gasteiger partial charge on any atom is -0.480 e. The van der Waals surface area contributed by atoms with Gasteiger partial charge in [-0.1, -0.05) is 0 Å². The van der Waals surface area contributed by atoms with Crippen molar-refractivity contribution in [3.8, 4) is 5.88 Å². The van der Waals surface area contributed by atoms with Crippen molar-refractivity contribution in [3.05, 3.63) is 22.6 Å². The van der Waals surface area contributed by atoms with Gasteiger partial charge < -0.3 is 25.2 Å². The molecule has 0 unspecified atom stereocenters. The maximum atomic E-state index is 12.6. The maximum Gasteiger partial charge on any atom is 0.280 e. The van der Waals surface area contributed by atoms with Gasteiger partial charge in [-0.2, -0.15) is 10.1 Å². The summed E-state index contributed by atoms with van der Waals surface area (Å²) >= 11 is 0. The smallest absolute Gasteiger partial charge is 0.280 e. The summed E-state index contributed by atoms with van der Waals surface area (Å²) in [5.41, 5.74) is 5.28. The summed E-state index contributed by atoms with van der Waals surface area (Å²) in [6.45, 7) is 2.34. The molecule has 3 rings (SSSR count). The van der Waals surface area contributed by atoms with Gasteiger partial charge in [-0.3, -0.25) is 4.79 Å². The number of nitrogens with two attached hydrogens (primary N) is 1. The Bertz CT molecular complexity index is 836. The van der Waals surface area contributed by atoms with Crippen LogP contribution in [0.25, 0.3) is 10.8 Å². The van der Waals surface area contributed by atoms with Gasteiger partial charge in [0, 0.05) is 31.2 Å². The zero-order valence-corrected chi connectivity index (χ0v) is 16.3. The molecule has 0 aromatic carbocycles. The molecule has 1 fully saturated rings. The van der Waals surface area contributed by atoms with Crippen LogP contribution in [-0.4, -0.2) is 57.5 Å². The molecule has 2 aromatic heterocycles. The van der Waals surface area contributed by atoms with E-state index in [0.717, 1.165) is 38.2 Å². The minimum absolute atomic E-state index is 0.253. The Kier molecular flexibility index (Phi) is 6.59. The highest BCUT2D eigenvalue weighted by Crippen LogP contribution is 2.32. The number of piperidine rings is 1. The fourth-order valence-corrected chi connectivity index (χ4v) is 4.09. The molecule has 0 atom stereocenters. The van der Waals surface area contributed by atoms with Gasteiger partial charge in [0.05, 0.1) is 19.9 Å². The second-order valence-corrected chi connectivity index (χ2v) is 7.92. The quantitative estimate of drug-likeness (QED) is 0.584. The third-order valence-electron chi connectivity index (χ3n) is 5.00. The molecule has 1 aliphatic heterocycles. The number of ether oxygens (including phenoxy) is 1. The maximum absolute atomic E-state index is 12.6. The van der Waals surface area contributed by atoms with Crippen LogP contribution >= 0.6 is 8.38 Å². The van der Waals surface area contributed by atoms with E-state index in [0.29, 0.717) is 41.8 Å². The molecule has 10 heteroatoms. The summed E-state index contributed by atoms with van der Waals surface area (Å²) in [4.78, 5) is 37.5. The van der Waals surface area contributed by atoms with Gasteiger partial charge in [0.25, 0.3) is 5.56 Å². The summed E-state index contributed by atoms with van der Waals surface area (Å²) in [7, 11) is -0.298. The Morgan fingerprint density at radius 1 is 1.37 bits per heavy atom. The first-order valence-electron chi connectivity index (χ1n) is 9.08. The molecule has 0 bridgehead atoms. The molecule has 3 heterocycles. The standard InChI is InChI=1S/C17H26N5O4P/c1-26-16-15-13(11-19-22(8-5-18)17(15)23)10-14(20-16)21-6-2-12(3-7-21)4-9-27(24)25/h10-12,24-25H,2-9,18H2,1H3. The molecule has 4 N–H and O–H groups in total. The van der Waals surface area contributed by atoms with Crippen LogP contribution in [0.15, 0.2) is 17.1 Å². The SMILES string of the molecule is COc1nc(N2CCC(CCP(O)O)CC2)cc2cnn(CCN)c(=O)c12. The fraction of sp³-hybridized carbons (Fsp3) is 0.588. The van der Waals surface area contributed by atoms with Crippen molar-refractivity contribution in [3.63, 3.8) is 0 Å². The molecule has 27 heavy (non-hydrogen) atoms. The minimum atomic E-state index is -1.80. The lowest BCUT2D eigenvalue weighted by atomic mass is 9.94. The van der Waals surface area contributed by atoms with Crippen molar-refractivity contribution in [2.75, 3.05) is 37.8 Å². The van der Waals surface area contributed by atoms with E-state index >= 15 is 0 Å². The van der Waals surface area contributed by atoms with E-state index in [1.807, 2.05) is 6.07 Å². The Morgan fingerprint density at radius 2 is 2.11 bits per heavy atom. The van der Waals surface area contributed by atoms with E-state index in [-0.39, 0.29) is 5.56 Å². The van der Waals surface area contributed by atoms with Crippen LogP contribution in [0, 0.1) is 5.92 Å². The molecule has 0 radical (unpaired) electrons. The first-order chi connectivity index (χ1) is 13.0. The van der Waals surface area contributed by atoms with Crippen molar-refractivity contribution < 1.29 is 14.5 Å². The van der Waals surface area contributed by atoms with Crippen LogP contribution in [0.3, 0.4) is 0 Å². The van der Waals surface area contributed by atoms with Gasteiger partial charge in [0.1, 0.15) is 11.2 Å². The highest BCUT2D eigenvalue weighted by molar-refractivity contribution is 7.45. The molecule has 1 saturated heterocycles. The first-order valence-corrected chi connectivity index (χ1v) is 10.5. The van der Waals surface area contributed by atoms with Gasteiger partial charge in [0.15, 0.2) is 8.38 Å². The molecule has 2 aromatic rings. The van der Waals surface area contributed by atoms with Crippen LogP contribution in [0.5, 0.6) is 5.88 Å². The van der Waals surface area contributed by atoms with Gasteiger partial charge in [-0.25, -0.2) is 4.68 Å². The van der Waals surface area contributed by atoms with Crippen LogP contribution in [-0.2, 0) is 6.54 Å². The van der Waals surface area contributed by atoms with E-state index in [4.69, 9.17) is 20.3 Å². The average Bonchev–Trinajstić information content (AvgIpc) is 2.68. The Morgan fingerprint density at radius 3 is 2.74 bits per heavy atom. The van der Waals surface area contributed by atoms with Gasteiger partial charge >= 0.3 is 0 Å². The van der Waals surface area contributed by atoms with E-state index in [1.54, 1.807) is 6.20 Å².